The van der Waals surface area contributed by atoms with E-state index < -0.39 is 10.0 Å². The minimum Gasteiger partial charge on any atom is -0.494 e. The van der Waals surface area contributed by atoms with Gasteiger partial charge in [-0.25, -0.2) is 8.42 Å². The summed E-state index contributed by atoms with van der Waals surface area (Å²) in [5.41, 5.74) is 1.67. The molecule has 0 radical (unpaired) electrons. The maximum atomic E-state index is 12.6. The highest BCUT2D eigenvalue weighted by Crippen LogP contribution is 2.24. The first kappa shape index (κ1) is 23.9. The molecule has 3 rings (SSSR count). The van der Waals surface area contributed by atoms with Crippen molar-refractivity contribution in [2.45, 2.75) is 24.7 Å². The number of benzene rings is 3. The van der Waals surface area contributed by atoms with Crippen LogP contribution in [0, 0.1) is 6.92 Å². The number of halogens is 2. The third kappa shape index (κ3) is 6.88. The lowest BCUT2D eigenvalue weighted by Gasteiger charge is -2.12. The molecule has 0 atom stereocenters. The average molecular weight is 493 g/mol. The van der Waals surface area contributed by atoms with Crippen LogP contribution in [0.15, 0.2) is 71.6 Å². The largest absolute Gasteiger partial charge is 0.494 e. The fourth-order valence-electron chi connectivity index (χ4n) is 2.80. The molecule has 0 bridgehead atoms. The molecule has 0 saturated carbocycles. The molecule has 0 aromatic heterocycles. The van der Waals surface area contributed by atoms with E-state index in [1.807, 2.05) is 0 Å². The van der Waals surface area contributed by atoms with Crippen LogP contribution >= 0.6 is 23.2 Å². The van der Waals surface area contributed by atoms with Gasteiger partial charge in [-0.2, -0.15) is 0 Å². The van der Waals surface area contributed by atoms with Gasteiger partial charge in [-0.1, -0.05) is 29.3 Å². The molecule has 0 fully saturated rings. The highest BCUT2D eigenvalue weighted by Gasteiger charge is 2.16. The van der Waals surface area contributed by atoms with Gasteiger partial charge < -0.3 is 10.1 Å². The Hall–Kier alpha value is -2.74. The Morgan fingerprint density at radius 1 is 0.938 bits per heavy atom. The molecule has 0 heterocycles. The van der Waals surface area contributed by atoms with Crippen molar-refractivity contribution in [3.05, 3.63) is 82.3 Å². The molecule has 168 valence electrons. The Morgan fingerprint density at radius 2 is 1.59 bits per heavy atom. The van der Waals surface area contributed by atoms with Crippen LogP contribution in [0.1, 0.15) is 18.4 Å². The summed E-state index contributed by atoms with van der Waals surface area (Å²) >= 11 is 11.8. The predicted octanol–water partition coefficient (Wildman–Crippen LogP) is 5.90. The second-order valence-electron chi connectivity index (χ2n) is 7.04. The third-order valence-corrected chi connectivity index (χ3v) is 6.39. The summed E-state index contributed by atoms with van der Waals surface area (Å²) < 4.78 is 33.4. The Balaban J connectivity index is 1.50. The van der Waals surface area contributed by atoms with E-state index in [0.29, 0.717) is 40.2 Å². The number of carbonyl (C=O) groups excluding carboxylic acids is 1. The average Bonchev–Trinajstić information content (AvgIpc) is 2.75. The summed E-state index contributed by atoms with van der Waals surface area (Å²) in [4.78, 5) is 12.2. The molecular formula is C23H22Cl2N2O4S. The number of hydrogen-bond donors (Lipinski definition) is 2. The fourth-order valence-corrected chi connectivity index (χ4v) is 4.22. The molecule has 32 heavy (non-hydrogen) atoms. The molecule has 0 aliphatic heterocycles. The van der Waals surface area contributed by atoms with Crippen molar-refractivity contribution in [3.8, 4) is 5.75 Å². The minimum atomic E-state index is -3.79. The number of sulfonamides is 1. The highest BCUT2D eigenvalue weighted by molar-refractivity contribution is 7.92. The predicted molar refractivity (Wildman–Crippen MR) is 128 cm³/mol. The van der Waals surface area contributed by atoms with Crippen molar-refractivity contribution < 1.29 is 17.9 Å². The Kier molecular flexibility index (Phi) is 8.01. The summed E-state index contributed by atoms with van der Waals surface area (Å²) in [6.45, 7) is 2.17. The third-order valence-electron chi connectivity index (χ3n) is 4.52. The molecule has 0 saturated heterocycles. The standard InChI is InChI=1S/C23H22Cl2N2O4S/c1-16-4-5-18(25)15-22(16)27-32(29,30)21-12-8-19(9-13-21)26-23(28)3-2-14-31-20-10-6-17(24)7-11-20/h4-13,15,27H,2-3,14H2,1H3,(H,26,28). The lowest BCUT2D eigenvalue weighted by molar-refractivity contribution is -0.116. The number of carbonyl (C=O) groups is 1. The molecular weight excluding hydrogens is 471 g/mol. The number of aryl methyl sites for hydroxylation is 1. The maximum Gasteiger partial charge on any atom is 0.261 e. The van der Waals surface area contributed by atoms with Gasteiger partial charge in [0, 0.05) is 22.2 Å². The molecule has 3 aromatic carbocycles. The van der Waals surface area contributed by atoms with Gasteiger partial charge in [0.15, 0.2) is 0 Å². The zero-order valence-corrected chi connectivity index (χ0v) is 19.6. The van der Waals surface area contributed by atoms with E-state index in [1.54, 1.807) is 61.5 Å². The molecule has 0 aliphatic carbocycles. The molecule has 0 spiro atoms. The zero-order chi connectivity index (χ0) is 23.1. The smallest absolute Gasteiger partial charge is 0.261 e. The SMILES string of the molecule is Cc1ccc(Cl)cc1NS(=O)(=O)c1ccc(NC(=O)CCCOc2ccc(Cl)cc2)cc1. The van der Waals surface area contributed by atoms with Gasteiger partial charge in [0.25, 0.3) is 10.0 Å². The van der Waals surface area contributed by atoms with E-state index in [2.05, 4.69) is 10.0 Å². The molecule has 2 N–H and O–H groups in total. The van der Waals surface area contributed by atoms with E-state index in [-0.39, 0.29) is 17.2 Å². The maximum absolute atomic E-state index is 12.6. The van der Waals surface area contributed by atoms with Gasteiger partial charge in [-0.05, 0) is 79.6 Å². The van der Waals surface area contributed by atoms with Crippen molar-refractivity contribution in [2.75, 3.05) is 16.6 Å². The summed E-state index contributed by atoms with van der Waals surface area (Å²) in [7, 11) is -3.79. The molecule has 9 heteroatoms. The topological polar surface area (TPSA) is 84.5 Å². The first-order valence-electron chi connectivity index (χ1n) is 9.80. The van der Waals surface area contributed by atoms with Crippen LogP contribution in [0.2, 0.25) is 10.0 Å². The molecule has 1 amide bonds. The lowest BCUT2D eigenvalue weighted by atomic mass is 10.2. The number of rotatable bonds is 9. The zero-order valence-electron chi connectivity index (χ0n) is 17.3. The first-order valence-corrected chi connectivity index (χ1v) is 12.0. The normalized spacial score (nSPS) is 11.1. The first-order chi connectivity index (χ1) is 15.2. The van der Waals surface area contributed by atoms with Crippen molar-refractivity contribution in [2.24, 2.45) is 0 Å². The van der Waals surface area contributed by atoms with Crippen LogP contribution in [-0.4, -0.2) is 20.9 Å². The van der Waals surface area contributed by atoms with Crippen LogP contribution in [0.5, 0.6) is 5.75 Å². The van der Waals surface area contributed by atoms with Gasteiger partial charge in [-0.3, -0.25) is 9.52 Å². The second-order valence-corrected chi connectivity index (χ2v) is 9.60. The molecule has 3 aromatic rings. The van der Waals surface area contributed by atoms with E-state index in [1.165, 1.54) is 12.1 Å². The van der Waals surface area contributed by atoms with Crippen LogP contribution in [0.3, 0.4) is 0 Å². The summed E-state index contributed by atoms with van der Waals surface area (Å²) in [6.07, 6.45) is 0.799. The fraction of sp³-hybridized carbons (Fsp3) is 0.174. The van der Waals surface area contributed by atoms with Crippen molar-refractivity contribution in [1.29, 1.82) is 0 Å². The van der Waals surface area contributed by atoms with Gasteiger partial charge in [0.1, 0.15) is 5.75 Å². The Bertz CT molecular complexity index is 1180. The van der Waals surface area contributed by atoms with Gasteiger partial charge in [0.05, 0.1) is 17.2 Å². The van der Waals surface area contributed by atoms with Crippen molar-refractivity contribution >= 4 is 50.5 Å². The van der Waals surface area contributed by atoms with Crippen LogP contribution in [0.25, 0.3) is 0 Å². The minimum absolute atomic E-state index is 0.0752. The number of ether oxygens (including phenoxy) is 1. The number of anilines is 2. The molecule has 0 aliphatic rings. The van der Waals surface area contributed by atoms with E-state index >= 15 is 0 Å². The summed E-state index contributed by atoms with van der Waals surface area (Å²) in [5, 5.41) is 3.81. The summed E-state index contributed by atoms with van der Waals surface area (Å²) in [6, 6.07) is 17.9. The quantitative estimate of drug-likeness (QED) is 0.364. The number of nitrogens with one attached hydrogen (secondary N) is 2. The van der Waals surface area contributed by atoms with Crippen molar-refractivity contribution in [3.63, 3.8) is 0 Å². The van der Waals surface area contributed by atoms with E-state index in [9.17, 15) is 13.2 Å². The monoisotopic (exact) mass is 492 g/mol. The highest BCUT2D eigenvalue weighted by atomic mass is 35.5. The lowest BCUT2D eigenvalue weighted by Crippen LogP contribution is -2.15. The van der Waals surface area contributed by atoms with E-state index in [4.69, 9.17) is 27.9 Å². The molecule has 0 unspecified atom stereocenters. The second kappa shape index (κ2) is 10.7. The Labute approximate surface area is 197 Å². The van der Waals surface area contributed by atoms with Gasteiger partial charge in [0.2, 0.25) is 5.91 Å². The number of hydrogen-bond acceptors (Lipinski definition) is 4. The summed E-state index contributed by atoms with van der Waals surface area (Å²) in [5.74, 6) is 0.501. The van der Waals surface area contributed by atoms with Gasteiger partial charge >= 0.3 is 0 Å². The molecule has 6 nitrogen and oxygen atoms in total. The van der Waals surface area contributed by atoms with Crippen LogP contribution < -0.4 is 14.8 Å². The number of amides is 1. The van der Waals surface area contributed by atoms with Crippen molar-refractivity contribution in [1.82, 2.24) is 0 Å². The van der Waals surface area contributed by atoms with E-state index in [0.717, 1.165) is 5.56 Å². The Morgan fingerprint density at radius 3 is 2.28 bits per heavy atom. The van der Waals surface area contributed by atoms with Crippen LogP contribution in [-0.2, 0) is 14.8 Å². The van der Waals surface area contributed by atoms with Crippen LogP contribution in [0.4, 0.5) is 11.4 Å². The van der Waals surface area contributed by atoms with Gasteiger partial charge in [-0.15, -0.1) is 0 Å².